The Bertz CT molecular complexity index is 1350. The number of fused-ring (bicyclic) bond motifs is 1. The van der Waals surface area contributed by atoms with Crippen LogP contribution in [0.5, 0.6) is 0 Å². The second kappa shape index (κ2) is 7.23. The summed E-state index contributed by atoms with van der Waals surface area (Å²) < 4.78 is 56.3. The van der Waals surface area contributed by atoms with Crippen LogP contribution >= 0.6 is 15.9 Å². The summed E-state index contributed by atoms with van der Waals surface area (Å²) in [5, 5.41) is 0. The lowest BCUT2D eigenvalue weighted by Crippen LogP contribution is -2.10. The smallest absolute Gasteiger partial charge is 0.229 e. The topological polar surface area (TPSA) is 64.0 Å². The molecular formula is C20H14BrF2N3O2S. The lowest BCUT2D eigenvalue weighted by atomic mass is 10.0. The fourth-order valence-corrected chi connectivity index (χ4v) is 3.99. The Labute approximate surface area is 174 Å². The highest BCUT2D eigenvalue weighted by atomic mass is 79.9. The van der Waals surface area contributed by atoms with Crippen LogP contribution in [0, 0.1) is 11.6 Å². The molecule has 0 fully saturated rings. The van der Waals surface area contributed by atoms with Gasteiger partial charge in [0.1, 0.15) is 18.0 Å². The van der Waals surface area contributed by atoms with E-state index in [4.69, 9.17) is 0 Å². The van der Waals surface area contributed by atoms with Gasteiger partial charge in [0.2, 0.25) is 10.0 Å². The Hall–Kier alpha value is -2.78. The van der Waals surface area contributed by atoms with E-state index in [0.29, 0.717) is 11.3 Å². The van der Waals surface area contributed by atoms with Gasteiger partial charge in [0.05, 0.1) is 23.0 Å². The number of halogens is 3. The third kappa shape index (κ3) is 4.15. The van der Waals surface area contributed by atoms with Crippen LogP contribution in [0.25, 0.3) is 27.8 Å². The van der Waals surface area contributed by atoms with Crippen molar-refractivity contribution in [3.8, 4) is 16.8 Å². The highest BCUT2D eigenvalue weighted by molar-refractivity contribution is 9.10. The second-order valence-electron chi connectivity index (χ2n) is 6.51. The van der Waals surface area contributed by atoms with E-state index in [-0.39, 0.29) is 11.3 Å². The first-order valence-corrected chi connectivity index (χ1v) is 11.1. The van der Waals surface area contributed by atoms with E-state index >= 15 is 0 Å². The van der Waals surface area contributed by atoms with E-state index in [9.17, 15) is 17.2 Å². The van der Waals surface area contributed by atoms with Crippen molar-refractivity contribution >= 4 is 42.7 Å². The molecule has 1 N–H and O–H groups in total. The monoisotopic (exact) mass is 477 g/mol. The van der Waals surface area contributed by atoms with Gasteiger partial charge in [-0.1, -0.05) is 15.9 Å². The van der Waals surface area contributed by atoms with E-state index in [2.05, 4.69) is 25.6 Å². The average Bonchev–Trinajstić information content (AvgIpc) is 3.03. The van der Waals surface area contributed by atoms with Gasteiger partial charge in [0.25, 0.3) is 0 Å². The van der Waals surface area contributed by atoms with Crippen LogP contribution in [0.2, 0.25) is 0 Å². The molecule has 0 saturated carbocycles. The van der Waals surface area contributed by atoms with Gasteiger partial charge >= 0.3 is 0 Å². The van der Waals surface area contributed by atoms with Gasteiger partial charge in [-0.15, -0.1) is 0 Å². The number of hydrogen-bond acceptors (Lipinski definition) is 3. The van der Waals surface area contributed by atoms with Crippen molar-refractivity contribution in [3.05, 3.63) is 77.0 Å². The SMILES string of the molecule is CS(=O)(=O)Nc1cc(-c2ccc(F)cc2F)cc(-n2cnc3cc(Br)ccc32)c1. The van der Waals surface area contributed by atoms with E-state index in [0.717, 1.165) is 33.9 Å². The zero-order valence-corrected chi connectivity index (χ0v) is 17.4. The molecule has 9 heteroatoms. The summed E-state index contributed by atoms with van der Waals surface area (Å²) in [7, 11) is -3.56. The lowest BCUT2D eigenvalue weighted by Gasteiger charge is -2.13. The fourth-order valence-electron chi connectivity index (χ4n) is 3.09. The molecule has 1 aromatic heterocycles. The van der Waals surface area contributed by atoms with Crippen molar-refractivity contribution < 1.29 is 17.2 Å². The van der Waals surface area contributed by atoms with Crippen molar-refractivity contribution in [2.75, 3.05) is 11.0 Å². The molecule has 0 amide bonds. The Morgan fingerprint density at radius 1 is 1.03 bits per heavy atom. The summed E-state index contributed by atoms with van der Waals surface area (Å²) in [4.78, 5) is 4.36. The van der Waals surface area contributed by atoms with Crippen LogP contribution < -0.4 is 4.72 Å². The Kier molecular flexibility index (Phi) is 4.87. The minimum Gasteiger partial charge on any atom is -0.299 e. The summed E-state index contributed by atoms with van der Waals surface area (Å²) in [5.74, 6) is -1.44. The Morgan fingerprint density at radius 3 is 2.55 bits per heavy atom. The molecule has 0 aliphatic heterocycles. The van der Waals surface area contributed by atoms with Gasteiger partial charge < -0.3 is 0 Å². The number of hydrogen-bond donors (Lipinski definition) is 1. The van der Waals surface area contributed by atoms with E-state index in [1.807, 2.05) is 18.2 Å². The molecule has 0 aliphatic rings. The number of nitrogens with one attached hydrogen (secondary N) is 1. The van der Waals surface area contributed by atoms with Crippen molar-refractivity contribution in [2.24, 2.45) is 0 Å². The molecule has 0 spiro atoms. The molecule has 0 aliphatic carbocycles. The highest BCUT2D eigenvalue weighted by Crippen LogP contribution is 2.31. The normalized spacial score (nSPS) is 11.7. The number of anilines is 1. The van der Waals surface area contributed by atoms with E-state index in [1.165, 1.54) is 12.1 Å². The standard InChI is InChI=1S/C20H14BrF2N3O2S/c1-29(27,28)25-15-6-12(17-4-3-14(22)9-18(17)23)7-16(10-15)26-11-24-19-8-13(21)2-5-20(19)26/h2-11,25H,1H3. The highest BCUT2D eigenvalue weighted by Gasteiger charge is 2.13. The van der Waals surface area contributed by atoms with Gasteiger partial charge in [0, 0.05) is 21.8 Å². The van der Waals surface area contributed by atoms with Gasteiger partial charge in [-0.3, -0.25) is 9.29 Å². The third-order valence-corrected chi connectivity index (χ3v) is 5.35. The van der Waals surface area contributed by atoms with Gasteiger partial charge in [-0.25, -0.2) is 22.2 Å². The molecule has 4 rings (SSSR count). The van der Waals surface area contributed by atoms with Crippen molar-refractivity contribution in [2.45, 2.75) is 0 Å². The number of benzene rings is 3. The van der Waals surface area contributed by atoms with Crippen LogP contribution in [-0.4, -0.2) is 24.2 Å². The molecule has 0 unspecified atom stereocenters. The predicted molar refractivity (Wildman–Crippen MR) is 113 cm³/mol. The van der Waals surface area contributed by atoms with Gasteiger partial charge in [-0.2, -0.15) is 0 Å². The number of nitrogens with zero attached hydrogens (tertiary/aromatic N) is 2. The molecule has 29 heavy (non-hydrogen) atoms. The second-order valence-corrected chi connectivity index (χ2v) is 9.18. The molecule has 0 radical (unpaired) electrons. The molecule has 0 saturated heterocycles. The maximum Gasteiger partial charge on any atom is 0.229 e. The minimum atomic E-state index is -3.56. The van der Waals surface area contributed by atoms with Gasteiger partial charge in [0.15, 0.2) is 0 Å². The minimum absolute atomic E-state index is 0.150. The first kappa shape index (κ1) is 19.5. The fraction of sp³-hybridized carbons (Fsp3) is 0.0500. The molecule has 0 bridgehead atoms. The Balaban J connectivity index is 1.94. The quantitative estimate of drug-likeness (QED) is 0.444. The number of rotatable bonds is 4. The summed E-state index contributed by atoms with van der Waals surface area (Å²) in [6.45, 7) is 0. The molecule has 0 atom stereocenters. The largest absolute Gasteiger partial charge is 0.299 e. The number of aromatic nitrogens is 2. The summed E-state index contributed by atoms with van der Waals surface area (Å²) >= 11 is 3.40. The number of sulfonamides is 1. The van der Waals surface area contributed by atoms with Crippen molar-refractivity contribution in [1.82, 2.24) is 9.55 Å². The maximum absolute atomic E-state index is 14.4. The van der Waals surface area contributed by atoms with Crippen molar-refractivity contribution in [1.29, 1.82) is 0 Å². The van der Waals surface area contributed by atoms with Crippen LogP contribution in [0.15, 0.2) is 65.4 Å². The molecule has 5 nitrogen and oxygen atoms in total. The zero-order chi connectivity index (χ0) is 20.8. The van der Waals surface area contributed by atoms with Crippen molar-refractivity contribution in [3.63, 3.8) is 0 Å². The molecule has 4 aromatic rings. The molecule has 148 valence electrons. The van der Waals surface area contributed by atoms with Crippen LogP contribution in [0.1, 0.15) is 0 Å². The van der Waals surface area contributed by atoms with Crippen LogP contribution in [0.3, 0.4) is 0 Å². The van der Waals surface area contributed by atoms with Gasteiger partial charge in [-0.05, 0) is 54.1 Å². The van der Waals surface area contributed by atoms with Crippen LogP contribution in [-0.2, 0) is 10.0 Å². The molecule has 3 aromatic carbocycles. The maximum atomic E-state index is 14.4. The van der Waals surface area contributed by atoms with E-state index in [1.54, 1.807) is 23.0 Å². The third-order valence-electron chi connectivity index (χ3n) is 4.25. The zero-order valence-electron chi connectivity index (χ0n) is 15.0. The molecular weight excluding hydrogens is 464 g/mol. The Morgan fingerprint density at radius 2 is 1.83 bits per heavy atom. The molecule has 1 heterocycles. The predicted octanol–water partition coefficient (Wildman–Crippen LogP) is 5.10. The van der Waals surface area contributed by atoms with E-state index < -0.39 is 21.7 Å². The summed E-state index contributed by atoms with van der Waals surface area (Å²) in [5.41, 5.74) is 2.89. The first-order valence-electron chi connectivity index (χ1n) is 8.41. The first-order chi connectivity index (χ1) is 13.7. The lowest BCUT2D eigenvalue weighted by molar-refractivity contribution is 0.585. The van der Waals surface area contributed by atoms with Crippen LogP contribution in [0.4, 0.5) is 14.5 Å². The summed E-state index contributed by atoms with van der Waals surface area (Å²) in [6, 6.07) is 13.6. The number of imidazole rings is 1. The summed E-state index contributed by atoms with van der Waals surface area (Å²) in [6.07, 6.45) is 2.63. The average molecular weight is 478 g/mol.